The highest BCUT2D eigenvalue weighted by atomic mass is 35.5. The molecule has 1 atom stereocenters. The van der Waals surface area contributed by atoms with E-state index in [1.54, 1.807) is 34.1 Å². The maximum absolute atomic E-state index is 13.1. The van der Waals surface area contributed by atoms with Crippen molar-refractivity contribution < 1.29 is 22.4 Å². The average molecular weight is 452 g/mol. The molecule has 2 aliphatic heterocycles. The molecule has 0 spiro atoms. The Morgan fingerprint density at radius 2 is 1.80 bits per heavy atom. The molecule has 2 amide bonds. The number of carbonyl (C=O) groups excluding carboxylic acids is 2. The Labute approximate surface area is 180 Å². The Hall–Kier alpha value is -2.36. The van der Waals surface area contributed by atoms with Gasteiger partial charge in [-0.25, -0.2) is 8.42 Å². The number of benzene rings is 1. The van der Waals surface area contributed by atoms with Crippen molar-refractivity contribution in [3.8, 4) is 0 Å². The molecular weight excluding hydrogens is 430 g/mol. The Bertz CT molecular complexity index is 1030. The SMILES string of the molecule is O=C([C@@H]1CCCN1C(=O)c1ccco1)N1CCN(S(=O)(=O)c2cccc(Cl)c2)CC1. The lowest BCUT2D eigenvalue weighted by atomic mass is 10.1. The number of likely N-dealkylation sites (tertiary alicyclic amines) is 1. The molecule has 1 aromatic heterocycles. The number of piperazine rings is 1. The van der Waals surface area contributed by atoms with Crippen molar-refractivity contribution >= 4 is 33.4 Å². The highest BCUT2D eigenvalue weighted by Gasteiger charge is 2.39. The summed E-state index contributed by atoms with van der Waals surface area (Å²) in [6.45, 7) is 1.44. The quantitative estimate of drug-likeness (QED) is 0.709. The van der Waals surface area contributed by atoms with Crippen LogP contribution in [0.1, 0.15) is 23.4 Å². The number of carbonyl (C=O) groups is 2. The van der Waals surface area contributed by atoms with Crippen LogP contribution in [0, 0.1) is 0 Å². The highest BCUT2D eigenvalue weighted by Crippen LogP contribution is 2.24. The monoisotopic (exact) mass is 451 g/mol. The second kappa shape index (κ2) is 8.41. The number of nitrogens with zero attached hydrogens (tertiary/aromatic N) is 3. The van der Waals surface area contributed by atoms with Crippen molar-refractivity contribution in [3.05, 3.63) is 53.4 Å². The first-order valence-corrected chi connectivity index (χ1v) is 11.6. The summed E-state index contributed by atoms with van der Waals surface area (Å²) in [6, 6.07) is 8.83. The van der Waals surface area contributed by atoms with Gasteiger partial charge in [-0.3, -0.25) is 9.59 Å². The molecule has 10 heteroatoms. The molecule has 0 bridgehead atoms. The normalized spacial score (nSPS) is 20.5. The van der Waals surface area contributed by atoms with Crippen LogP contribution in [-0.2, 0) is 14.8 Å². The fraction of sp³-hybridized carbons (Fsp3) is 0.400. The van der Waals surface area contributed by atoms with Crippen molar-refractivity contribution in [1.82, 2.24) is 14.1 Å². The predicted molar refractivity (Wildman–Crippen MR) is 110 cm³/mol. The van der Waals surface area contributed by atoms with E-state index in [0.29, 0.717) is 18.0 Å². The number of halogens is 1. The summed E-state index contributed by atoms with van der Waals surface area (Å²) >= 11 is 5.93. The van der Waals surface area contributed by atoms with Gasteiger partial charge in [0.2, 0.25) is 15.9 Å². The van der Waals surface area contributed by atoms with E-state index in [1.807, 2.05) is 0 Å². The fourth-order valence-corrected chi connectivity index (χ4v) is 5.67. The molecule has 0 radical (unpaired) electrons. The molecule has 160 valence electrons. The third-order valence-electron chi connectivity index (χ3n) is 5.51. The van der Waals surface area contributed by atoms with Crippen molar-refractivity contribution in [2.24, 2.45) is 0 Å². The molecule has 30 heavy (non-hydrogen) atoms. The second-order valence-electron chi connectivity index (χ2n) is 7.32. The average Bonchev–Trinajstić information content (AvgIpc) is 3.45. The van der Waals surface area contributed by atoms with E-state index in [-0.39, 0.29) is 48.6 Å². The van der Waals surface area contributed by atoms with Crippen LogP contribution >= 0.6 is 11.6 Å². The smallest absolute Gasteiger partial charge is 0.290 e. The topological polar surface area (TPSA) is 91.1 Å². The van der Waals surface area contributed by atoms with Crippen LogP contribution in [0.3, 0.4) is 0 Å². The Morgan fingerprint density at radius 1 is 1.03 bits per heavy atom. The Kier molecular flexibility index (Phi) is 5.86. The molecular formula is C20H22ClN3O5S. The van der Waals surface area contributed by atoms with E-state index in [0.717, 1.165) is 6.42 Å². The van der Waals surface area contributed by atoms with Gasteiger partial charge in [0.05, 0.1) is 11.2 Å². The molecule has 2 fully saturated rings. The maximum Gasteiger partial charge on any atom is 0.290 e. The maximum atomic E-state index is 13.1. The van der Waals surface area contributed by atoms with Crippen molar-refractivity contribution in [2.45, 2.75) is 23.8 Å². The third-order valence-corrected chi connectivity index (χ3v) is 7.64. The molecule has 0 aliphatic carbocycles. The lowest BCUT2D eigenvalue weighted by Gasteiger charge is -2.36. The Balaban J connectivity index is 1.41. The van der Waals surface area contributed by atoms with Gasteiger partial charge in [0.1, 0.15) is 6.04 Å². The molecule has 3 heterocycles. The molecule has 0 unspecified atom stereocenters. The standard InChI is InChI=1S/C20H22ClN3O5S/c21-15-4-1-5-16(14-15)30(27,28)23-11-9-22(10-12-23)19(25)17-6-2-8-24(17)20(26)18-7-3-13-29-18/h1,3-5,7,13-14,17H,2,6,8-12H2/t17-/m0/s1. The minimum absolute atomic E-state index is 0.140. The number of hydrogen-bond acceptors (Lipinski definition) is 5. The van der Waals surface area contributed by atoms with Crippen LogP contribution in [0.2, 0.25) is 5.02 Å². The summed E-state index contributed by atoms with van der Waals surface area (Å²) in [6.07, 6.45) is 2.76. The van der Waals surface area contributed by atoms with Gasteiger partial charge in [0, 0.05) is 37.7 Å². The van der Waals surface area contributed by atoms with Gasteiger partial charge in [0.15, 0.2) is 5.76 Å². The largest absolute Gasteiger partial charge is 0.459 e. The van der Waals surface area contributed by atoms with Crippen LogP contribution in [0.25, 0.3) is 0 Å². The van der Waals surface area contributed by atoms with Gasteiger partial charge >= 0.3 is 0 Å². The van der Waals surface area contributed by atoms with E-state index >= 15 is 0 Å². The number of furan rings is 1. The molecule has 8 nitrogen and oxygen atoms in total. The molecule has 2 aliphatic rings. The molecule has 0 N–H and O–H groups in total. The van der Waals surface area contributed by atoms with Gasteiger partial charge in [-0.05, 0) is 43.2 Å². The molecule has 2 saturated heterocycles. The van der Waals surface area contributed by atoms with E-state index in [1.165, 1.54) is 22.7 Å². The van der Waals surface area contributed by atoms with E-state index in [9.17, 15) is 18.0 Å². The van der Waals surface area contributed by atoms with Crippen LogP contribution in [0.5, 0.6) is 0 Å². The highest BCUT2D eigenvalue weighted by molar-refractivity contribution is 7.89. The number of hydrogen-bond donors (Lipinski definition) is 0. The number of amides is 2. The molecule has 1 aromatic carbocycles. The summed E-state index contributed by atoms with van der Waals surface area (Å²) in [5.41, 5.74) is 0. The first kappa shape index (κ1) is 20.9. The first-order valence-electron chi connectivity index (χ1n) is 9.77. The van der Waals surface area contributed by atoms with Gasteiger partial charge in [-0.15, -0.1) is 0 Å². The number of rotatable bonds is 4. The summed E-state index contributed by atoms with van der Waals surface area (Å²) in [5, 5.41) is 0.354. The summed E-state index contributed by atoms with van der Waals surface area (Å²) in [4.78, 5) is 29.0. The second-order valence-corrected chi connectivity index (χ2v) is 9.69. The van der Waals surface area contributed by atoms with Crippen molar-refractivity contribution in [3.63, 3.8) is 0 Å². The van der Waals surface area contributed by atoms with Crippen LogP contribution in [-0.4, -0.2) is 73.1 Å². The minimum atomic E-state index is -3.67. The van der Waals surface area contributed by atoms with Crippen molar-refractivity contribution in [1.29, 1.82) is 0 Å². The van der Waals surface area contributed by atoms with Gasteiger partial charge in [0.25, 0.3) is 5.91 Å². The van der Waals surface area contributed by atoms with Crippen LogP contribution < -0.4 is 0 Å². The molecule has 4 rings (SSSR count). The van der Waals surface area contributed by atoms with E-state index < -0.39 is 16.1 Å². The molecule has 2 aromatic rings. The zero-order chi connectivity index (χ0) is 21.3. The third kappa shape index (κ3) is 3.97. The lowest BCUT2D eigenvalue weighted by molar-refractivity contribution is -0.136. The summed E-state index contributed by atoms with van der Waals surface area (Å²) in [7, 11) is -3.67. The first-order chi connectivity index (χ1) is 14.4. The summed E-state index contributed by atoms with van der Waals surface area (Å²) in [5.74, 6) is -0.225. The number of sulfonamides is 1. The zero-order valence-electron chi connectivity index (χ0n) is 16.2. The van der Waals surface area contributed by atoms with Crippen LogP contribution in [0.4, 0.5) is 0 Å². The summed E-state index contributed by atoms with van der Waals surface area (Å²) < 4.78 is 32.2. The van der Waals surface area contributed by atoms with E-state index in [2.05, 4.69) is 0 Å². The van der Waals surface area contributed by atoms with Gasteiger partial charge in [-0.2, -0.15) is 4.31 Å². The minimum Gasteiger partial charge on any atom is -0.459 e. The van der Waals surface area contributed by atoms with Crippen LogP contribution in [0.15, 0.2) is 52.0 Å². The lowest BCUT2D eigenvalue weighted by Crippen LogP contribution is -2.55. The Morgan fingerprint density at radius 3 is 2.47 bits per heavy atom. The van der Waals surface area contributed by atoms with Gasteiger partial charge < -0.3 is 14.2 Å². The van der Waals surface area contributed by atoms with E-state index in [4.69, 9.17) is 16.0 Å². The van der Waals surface area contributed by atoms with Gasteiger partial charge in [-0.1, -0.05) is 17.7 Å². The zero-order valence-corrected chi connectivity index (χ0v) is 17.8. The molecule has 0 saturated carbocycles. The fourth-order valence-electron chi connectivity index (χ4n) is 3.94. The predicted octanol–water partition coefficient (Wildman–Crippen LogP) is 2.07. The van der Waals surface area contributed by atoms with Crippen molar-refractivity contribution in [2.75, 3.05) is 32.7 Å².